The lowest BCUT2D eigenvalue weighted by Crippen LogP contribution is -2.57. The molecule has 5 atom stereocenters. The Hall–Kier alpha value is -2.42. The SMILES string of the molecule is CC(C)C[C@H](O)C(O)[C@H](CC1CCCCC1)NC(=O)[C@@H](Cc1cscn1)NC(=O)[C@H](Cc1ccccc1)CS(=O)(=O)N1CCN(C)CC1. The van der Waals surface area contributed by atoms with Gasteiger partial charge in [0.05, 0.1) is 35.0 Å². The van der Waals surface area contributed by atoms with Crippen molar-refractivity contribution in [2.45, 2.75) is 95.9 Å². The van der Waals surface area contributed by atoms with Crippen molar-refractivity contribution in [2.75, 3.05) is 39.0 Å². The first-order valence-electron chi connectivity index (χ1n) is 17.5. The molecule has 2 heterocycles. The third-order valence-electron chi connectivity index (χ3n) is 9.65. The molecule has 2 amide bonds. The molecule has 1 unspecified atom stereocenters. The Labute approximate surface area is 290 Å². The number of thiazole rings is 1. The first-order chi connectivity index (χ1) is 22.9. The van der Waals surface area contributed by atoms with Crippen LogP contribution in [0.15, 0.2) is 41.2 Å². The van der Waals surface area contributed by atoms with Crippen LogP contribution in [0.25, 0.3) is 0 Å². The minimum atomic E-state index is -3.77. The molecule has 1 saturated heterocycles. The number of aromatic nitrogens is 1. The van der Waals surface area contributed by atoms with Gasteiger partial charge in [-0.15, -0.1) is 11.3 Å². The van der Waals surface area contributed by atoms with Gasteiger partial charge >= 0.3 is 0 Å². The molecule has 2 fully saturated rings. The first kappa shape index (κ1) is 38.4. The molecular formula is C35H55N5O6S2. The summed E-state index contributed by atoms with van der Waals surface area (Å²) in [6.45, 7) is 5.90. The predicted molar refractivity (Wildman–Crippen MR) is 189 cm³/mol. The van der Waals surface area contributed by atoms with Crippen LogP contribution in [0.5, 0.6) is 0 Å². The molecule has 1 saturated carbocycles. The molecule has 13 heteroatoms. The summed E-state index contributed by atoms with van der Waals surface area (Å²) in [5, 5.41) is 29.9. The van der Waals surface area contributed by atoms with Crippen LogP contribution in [-0.2, 0) is 32.5 Å². The Kier molecular flexibility index (Phi) is 14.8. The number of carbonyl (C=O) groups is 2. The fourth-order valence-corrected chi connectivity index (χ4v) is 9.12. The van der Waals surface area contributed by atoms with Crippen LogP contribution in [0.3, 0.4) is 0 Å². The van der Waals surface area contributed by atoms with Crippen molar-refractivity contribution >= 4 is 33.2 Å². The van der Waals surface area contributed by atoms with Crippen molar-refractivity contribution in [1.82, 2.24) is 24.8 Å². The van der Waals surface area contributed by atoms with Crippen LogP contribution < -0.4 is 10.6 Å². The predicted octanol–water partition coefficient (Wildman–Crippen LogP) is 2.83. The number of benzene rings is 1. The van der Waals surface area contributed by atoms with Crippen molar-refractivity contribution in [2.24, 2.45) is 17.8 Å². The maximum atomic E-state index is 14.1. The largest absolute Gasteiger partial charge is 0.390 e. The van der Waals surface area contributed by atoms with E-state index in [0.29, 0.717) is 50.6 Å². The summed E-state index contributed by atoms with van der Waals surface area (Å²) in [6.07, 6.45) is 4.38. The third kappa shape index (κ3) is 11.9. The molecule has 0 radical (unpaired) electrons. The van der Waals surface area contributed by atoms with E-state index >= 15 is 0 Å². The Morgan fingerprint density at radius 3 is 2.29 bits per heavy atom. The Morgan fingerprint density at radius 1 is 0.979 bits per heavy atom. The zero-order valence-electron chi connectivity index (χ0n) is 28.7. The Balaban J connectivity index is 1.56. The number of nitrogens with one attached hydrogen (secondary N) is 2. The van der Waals surface area contributed by atoms with Gasteiger partial charge in [-0.05, 0) is 43.7 Å². The minimum absolute atomic E-state index is 0.102. The van der Waals surface area contributed by atoms with Crippen molar-refractivity contribution in [3.8, 4) is 0 Å². The lowest BCUT2D eigenvalue weighted by atomic mass is 9.82. The molecule has 11 nitrogen and oxygen atoms in total. The number of aliphatic hydroxyl groups is 2. The summed E-state index contributed by atoms with van der Waals surface area (Å²) in [5.41, 5.74) is 3.10. The average molecular weight is 706 g/mol. The van der Waals surface area contributed by atoms with Crippen LogP contribution in [0.4, 0.5) is 0 Å². The molecule has 4 rings (SSSR count). The van der Waals surface area contributed by atoms with Crippen LogP contribution in [0, 0.1) is 17.8 Å². The van der Waals surface area contributed by atoms with Crippen molar-refractivity contribution < 1.29 is 28.2 Å². The number of nitrogens with zero attached hydrogens (tertiary/aromatic N) is 3. The van der Waals surface area contributed by atoms with Crippen molar-refractivity contribution in [1.29, 1.82) is 0 Å². The molecule has 1 aliphatic heterocycles. The van der Waals surface area contributed by atoms with Crippen LogP contribution in [0.1, 0.15) is 70.1 Å². The molecule has 4 N–H and O–H groups in total. The third-order valence-corrected chi connectivity index (χ3v) is 12.3. The van der Waals surface area contributed by atoms with Gasteiger partial charge in [-0.25, -0.2) is 13.4 Å². The summed E-state index contributed by atoms with van der Waals surface area (Å²) in [6, 6.07) is 7.52. The van der Waals surface area contributed by atoms with E-state index in [2.05, 4.69) is 20.5 Å². The number of likely N-dealkylation sites (N-methyl/N-ethyl adjacent to an activating group) is 1. The van der Waals surface area contributed by atoms with Crippen molar-refractivity contribution in [3.63, 3.8) is 0 Å². The van der Waals surface area contributed by atoms with Gasteiger partial charge in [0.25, 0.3) is 0 Å². The highest BCUT2D eigenvalue weighted by Crippen LogP contribution is 2.29. The second-order valence-corrected chi connectivity index (χ2v) is 16.9. The normalized spacial score (nSPS) is 20.1. The van der Waals surface area contributed by atoms with Gasteiger partial charge in [0.1, 0.15) is 12.1 Å². The molecule has 268 valence electrons. The van der Waals surface area contributed by atoms with E-state index in [-0.39, 0.29) is 24.5 Å². The number of hydrogen-bond donors (Lipinski definition) is 4. The smallest absolute Gasteiger partial charge is 0.243 e. The number of piperazine rings is 1. The van der Waals surface area contributed by atoms with Crippen LogP contribution in [-0.4, -0.2) is 108 Å². The molecule has 1 aliphatic carbocycles. The van der Waals surface area contributed by atoms with Crippen LogP contribution in [0.2, 0.25) is 0 Å². The lowest BCUT2D eigenvalue weighted by Gasteiger charge is -2.34. The van der Waals surface area contributed by atoms with Gasteiger partial charge in [0, 0.05) is 38.0 Å². The summed E-state index contributed by atoms with van der Waals surface area (Å²) >= 11 is 1.38. The van der Waals surface area contributed by atoms with E-state index in [1.807, 2.05) is 56.6 Å². The summed E-state index contributed by atoms with van der Waals surface area (Å²) in [7, 11) is -1.82. The summed E-state index contributed by atoms with van der Waals surface area (Å²) in [4.78, 5) is 34.6. The van der Waals surface area contributed by atoms with Gasteiger partial charge in [0.2, 0.25) is 21.8 Å². The fraction of sp³-hybridized carbons (Fsp3) is 0.686. The maximum absolute atomic E-state index is 14.1. The van der Waals surface area contributed by atoms with E-state index in [4.69, 9.17) is 0 Å². The number of amides is 2. The molecule has 2 aromatic rings. The van der Waals surface area contributed by atoms with E-state index < -0.39 is 52.0 Å². The number of carbonyl (C=O) groups excluding carboxylic acids is 2. The zero-order valence-corrected chi connectivity index (χ0v) is 30.3. The molecule has 0 bridgehead atoms. The van der Waals surface area contributed by atoms with Gasteiger partial charge in [-0.3, -0.25) is 9.59 Å². The lowest BCUT2D eigenvalue weighted by molar-refractivity contribution is -0.132. The Bertz CT molecular complexity index is 1360. The quantitative estimate of drug-likeness (QED) is 0.196. The molecular weight excluding hydrogens is 651 g/mol. The highest BCUT2D eigenvalue weighted by atomic mass is 32.2. The summed E-state index contributed by atoms with van der Waals surface area (Å²) < 4.78 is 28.7. The zero-order chi connectivity index (χ0) is 34.7. The maximum Gasteiger partial charge on any atom is 0.243 e. The molecule has 1 aromatic heterocycles. The van der Waals surface area contributed by atoms with Gasteiger partial charge < -0.3 is 25.7 Å². The van der Waals surface area contributed by atoms with E-state index in [1.54, 1.807) is 5.51 Å². The number of sulfonamides is 1. The second kappa shape index (κ2) is 18.5. The molecule has 1 aromatic carbocycles. The van der Waals surface area contributed by atoms with E-state index in [9.17, 15) is 28.2 Å². The fourth-order valence-electron chi connectivity index (χ4n) is 6.84. The van der Waals surface area contributed by atoms with E-state index in [1.165, 1.54) is 22.1 Å². The van der Waals surface area contributed by atoms with E-state index in [0.717, 1.165) is 31.2 Å². The van der Waals surface area contributed by atoms with Crippen LogP contribution >= 0.6 is 11.3 Å². The number of rotatable bonds is 17. The first-order valence-corrected chi connectivity index (χ1v) is 20.0. The Morgan fingerprint density at radius 2 is 1.67 bits per heavy atom. The molecule has 2 aliphatic rings. The number of aliphatic hydroxyl groups excluding tert-OH is 2. The summed E-state index contributed by atoms with van der Waals surface area (Å²) in [5.74, 6) is -1.89. The molecule has 48 heavy (non-hydrogen) atoms. The highest BCUT2D eigenvalue weighted by Gasteiger charge is 2.36. The minimum Gasteiger partial charge on any atom is -0.390 e. The van der Waals surface area contributed by atoms with Crippen molar-refractivity contribution in [3.05, 3.63) is 52.5 Å². The standard InChI is InChI=1S/C35H55N5O6S2/c1-25(2)18-32(41)33(42)30(20-27-12-8-5-9-13-27)37-35(44)31(21-29-22-47-24-36-29)38-34(43)28(19-26-10-6-4-7-11-26)23-48(45,46)40-16-14-39(3)15-17-40/h4,6-7,10-11,22,24-25,27-28,30-33,41-42H,5,8-9,12-21,23H2,1-3H3,(H,37,44)(H,38,43)/t28-,30+,31-,32+,33?/m1/s1. The van der Waals surface area contributed by atoms with Gasteiger partial charge in [-0.1, -0.05) is 76.3 Å². The monoisotopic (exact) mass is 705 g/mol. The number of hydrogen-bond acceptors (Lipinski definition) is 9. The average Bonchev–Trinajstić information content (AvgIpc) is 3.57. The molecule has 0 spiro atoms. The highest BCUT2D eigenvalue weighted by molar-refractivity contribution is 7.89. The topological polar surface area (TPSA) is 152 Å². The van der Waals surface area contributed by atoms with Gasteiger partial charge in [0.15, 0.2) is 0 Å². The van der Waals surface area contributed by atoms with Gasteiger partial charge in [-0.2, -0.15) is 4.31 Å². The second-order valence-electron chi connectivity index (χ2n) is 14.2.